The number of carbonyl (C=O) groups is 1. The maximum Gasteiger partial charge on any atom is 0.181 e. The van der Waals surface area contributed by atoms with Crippen LogP contribution in [0.4, 0.5) is 0 Å². The minimum Gasteiger partial charge on any atom is -0.355 e. The van der Waals surface area contributed by atoms with Crippen LogP contribution in [0, 0.1) is 0 Å². The predicted octanol–water partition coefficient (Wildman–Crippen LogP) is 2.40. The summed E-state index contributed by atoms with van der Waals surface area (Å²) in [5.41, 5.74) is 1.28. The lowest BCUT2D eigenvalue weighted by molar-refractivity contribution is 0.112. The van der Waals surface area contributed by atoms with Crippen LogP contribution in [-0.2, 0) is 0 Å². The minimum absolute atomic E-state index is 0.609. The molecule has 0 N–H and O–H groups in total. The number of benzene rings is 1. The van der Waals surface area contributed by atoms with Gasteiger partial charge in [-0.1, -0.05) is 5.16 Å². The van der Waals surface area contributed by atoms with Gasteiger partial charge in [0.1, 0.15) is 6.29 Å². The van der Waals surface area contributed by atoms with Crippen molar-refractivity contribution >= 4 is 33.2 Å². The Bertz CT molecular complexity index is 436. The average molecular weight is 226 g/mol. The molecule has 12 heavy (non-hydrogen) atoms. The molecule has 0 bridgehead atoms. The Kier molecular flexibility index (Phi) is 1.69. The van der Waals surface area contributed by atoms with Crippen LogP contribution < -0.4 is 0 Å². The van der Waals surface area contributed by atoms with E-state index in [1.54, 1.807) is 18.3 Å². The van der Waals surface area contributed by atoms with Gasteiger partial charge < -0.3 is 4.52 Å². The van der Waals surface area contributed by atoms with Crippen LogP contribution in [-0.4, -0.2) is 11.4 Å². The van der Waals surface area contributed by atoms with E-state index in [2.05, 4.69) is 21.1 Å². The second-order valence-corrected chi connectivity index (χ2v) is 3.22. The van der Waals surface area contributed by atoms with Gasteiger partial charge in [-0.25, -0.2) is 0 Å². The molecule has 0 amide bonds. The molecule has 0 atom stereocenters. The van der Waals surface area contributed by atoms with Crippen molar-refractivity contribution in [3.8, 4) is 0 Å². The van der Waals surface area contributed by atoms with Crippen LogP contribution in [0.3, 0.4) is 0 Å². The molecular formula is C8H4BrNO2. The third-order valence-corrected chi connectivity index (χ3v) is 2.16. The maximum absolute atomic E-state index is 10.5. The van der Waals surface area contributed by atoms with Gasteiger partial charge in [-0.3, -0.25) is 4.79 Å². The fourth-order valence-corrected chi connectivity index (χ4v) is 1.60. The minimum atomic E-state index is 0.609. The fourth-order valence-electron chi connectivity index (χ4n) is 1.03. The molecule has 0 saturated carbocycles. The number of aromatic nitrogens is 1. The number of hydrogen-bond donors (Lipinski definition) is 0. The van der Waals surface area contributed by atoms with Gasteiger partial charge in [-0.2, -0.15) is 0 Å². The van der Waals surface area contributed by atoms with E-state index < -0.39 is 0 Å². The van der Waals surface area contributed by atoms with E-state index in [-0.39, 0.29) is 0 Å². The molecule has 60 valence electrons. The molecule has 0 aliphatic rings. The monoisotopic (exact) mass is 225 g/mol. The van der Waals surface area contributed by atoms with E-state index in [1.165, 1.54) is 0 Å². The van der Waals surface area contributed by atoms with Crippen LogP contribution >= 0.6 is 15.9 Å². The molecule has 3 nitrogen and oxygen atoms in total. The van der Waals surface area contributed by atoms with E-state index in [4.69, 9.17) is 4.52 Å². The number of rotatable bonds is 1. The molecule has 1 aromatic heterocycles. The molecule has 0 radical (unpaired) electrons. The lowest BCUT2D eigenvalue weighted by Crippen LogP contribution is -1.78. The molecule has 4 heteroatoms. The summed E-state index contributed by atoms with van der Waals surface area (Å²) in [6, 6.07) is 3.42. The van der Waals surface area contributed by atoms with Gasteiger partial charge >= 0.3 is 0 Å². The summed E-state index contributed by atoms with van der Waals surface area (Å²) >= 11 is 3.28. The highest BCUT2D eigenvalue weighted by atomic mass is 79.9. The summed E-state index contributed by atoms with van der Waals surface area (Å²) in [7, 11) is 0. The Morgan fingerprint density at radius 1 is 1.50 bits per heavy atom. The Hall–Kier alpha value is -1.16. The van der Waals surface area contributed by atoms with Crippen molar-refractivity contribution in [3.05, 3.63) is 28.4 Å². The zero-order valence-corrected chi connectivity index (χ0v) is 7.54. The number of fused-ring (bicyclic) bond motifs is 1. The summed E-state index contributed by atoms with van der Waals surface area (Å²) in [4.78, 5) is 10.5. The summed E-state index contributed by atoms with van der Waals surface area (Å²) < 4.78 is 5.68. The van der Waals surface area contributed by atoms with Gasteiger partial charge in [0.15, 0.2) is 5.58 Å². The molecule has 2 rings (SSSR count). The van der Waals surface area contributed by atoms with Crippen molar-refractivity contribution in [2.45, 2.75) is 0 Å². The first kappa shape index (κ1) is 7.49. The highest BCUT2D eigenvalue weighted by molar-refractivity contribution is 9.10. The highest BCUT2D eigenvalue weighted by Crippen LogP contribution is 2.24. The summed E-state index contributed by atoms with van der Waals surface area (Å²) in [6.07, 6.45) is 2.37. The first-order chi connectivity index (χ1) is 5.81. The summed E-state index contributed by atoms with van der Waals surface area (Å²) in [5, 5.41) is 4.44. The lowest BCUT2D eigenvalue weighted by Gasteiger charge is -1.92. The first-order valence-corrected chi connectivity index (χ1v) is 4.09. The smallest absolute Gasteiger partial charge is 0.181 e. The molecule has 0 spiro atoms. The van der Waals surface area contributed by atoms with Gasteiger partial charge in [0.2, 0.25) is 0 Å². The van der Waals surface area contributed by atoms with Crippen LogP contribution in [0.25, 0.3) is 11.0 Å². The van der Waals surface area contributed by atoms with E-state index in [0.29, 0.717) is 11.1 Å². The number of carbonyl (C=O) groups excluding carboxylic acids is 1. The predicted molar refractivity (Wildman–Crippen MR) is 47.1 cm³/mol. The standard InChI is InChI=1S/C8H4BrNO2/c9-7-2-5(4-11)1-6-3-10-12-8(6)7/h1-4H. The zero-order valence-electron chi connectivity index (χ0n) is 5.95. The zero-order chi connectivity index (χ0) is 8.55. The van der Waals surface area contributed by atoms with Gasteiger partial charge in [0.05, 0.1) is 10.7 Å². The van der Waals surface area contributed by atoms with E-state index in [9.17, 15) is 4.79 Å². The number of nitrogens with zero attached hydrogens (tertiary/aromatic N) is 1. The molecule has 0 saturated heterocycles. The van der Waals surface area contributed by atoms with Crippen LogP contribution in [0.5, 0.6) is 0 Å². The third kappa shape index (κ3) is 1.04. The second-order valence-electron chi connectivity index (χ2n) is 2.36. The molecule has 1 heterocycles. The van der Waals surface area contributed by atoms with Gasteiger partial charge in [0.25, 0.3) is 0 Å². The Balaban J connectivity index is 2.83. The van der Waals surface area contributed by atoms with Crippen LogP contribution in [0.2, 0.25) is 0 Å². The third-order valence-electron chi connectivity index (χ3n) is 1.57. The number of aldehydes is 1. The lowest BCUT2D eigenvalue weighted by atomic mass is 10.2. The van der Waals surface area contributed by atoms with Crippen molar-refractivity contribution in [3.63, 3.8) is 0 Å². The van der Waals surface area contributed by atoms with E-state index >= 15 is 0 Å². The molecule has 2 aromatic rings. The first-order valence-electron chi connectivity index (χ1n) is 3.30. The topological polar surface area (TPSA) is 43.1 Å². The quantitative estimate of drug-likeness (QED) is 0.701. The van der Waals surface area contributed by atoms with Crippen molar-refractivity contribution in [2.75, 3.05) is 0 Å². The Morgan fingerprint density at radius 3 is 3.08 bits per heavy atom. The highest BCUT2D eigenvalue weighted by Gasteiger charge is 2.04. The van der Waals surface area contributed by atoms with Gasteiger partial charge in [-0.15, -0.1) is 0 Å². The van der Waals surface area contributed by atoms with Crippen molar-refractivity contribution in [1.82, 2.24) is 5.16 Å². The van der Waals surface area contributed by atoms with Gasteiger partial charge in [0, 0.05) is 10.9 Å². The Morgan fingerprint density at radius 2 is 2.33 bits per heavy atom. The van der Waals surface area contributed by atoms with E-state index in [0.717, 1.165) is 16.1 Å². The number of hydrogen-bond acceptors (Lipinski definition) is 3. The Labute approximate surface area is 76.5 Å². The SMILES string of the molecule is O=Cc1cc(Br)c2oncc2c1. The molecule has 0 aliphatic heterocycles. The van der Waals surface area contributed by atoms with Crippen LogP contribution in [0.15, 0.2) is 27.3 Å². The van der Waals surface area contributed by atoms with E-state index in [1.807, 2.05) is 0 Å². The summed E-state index contributed by atoms with van der Waals surface area (Å²) in [6.45, 7) is 0. The van der Waals surface area contributed by atoms with Crippen LogP contribution in [0.1, 0.15) is 10.4 Å². The fraction of sp³-hybridized carbons (Fsp3) is 0. The largest absolute Gasteiger partial charge is 0.355 e. The molecular weight excluding hydrogens is 222 g/mol. The molecule has 1 aromatic carbocycles. The van der Waals surface area contributed by atoms with Crippen molar-refractivity contribution < 1.29 is 9.32 Å². The normalized spacial score (nSPS) is 10.4. The molecule has 0 fully saturated rings. The molecule has 0 aliphatic carbocycles. The molecule has 0 unspecified atom stereocenters. The van der Waals surface area contributed by atoms with Gasteiger partial charge in [-0.05, 0) is 28.1 Å². The summed E-state index contributed by atoms with van der Waals surface area (Å²) in [5.74, 6) is 0. The van der Waals surface area contributed by atoms with Crippen molar-refractivity contribution in [2.24, 2.45) is 0 Å². The number of halogens is 1. The van der Waals surface area contributed by atoms with Crippen molar-refractivity contribution in [1.29, 1.82) is 0 Å². The second kappa shape index (κ2) is 2.71. The average Bonchev–Trinajstić information content (AvgIpc) is 2.52. The maximum atomic E-state index is 10.5.